The number of nitro benzene ring substituents is 1. The van der Waals surface area contributed by atoms with Crippen LogP contribution in [0, 0.1) is 24.0 Å². The Labute approximate surface area is 314 Å². The second-order valence-electron chi connectivity index (χ2n) is 13.0. The SMILES string of the molecule is Cc1ccc(OCCc2ccc(CN3CCN(C(=O)/C=C/c4cc(C)c(Oc5ccc(OCc6ccc([N+](=O)[O-])cc6)cn5)c(Cl)c4)CC3)cc2)cc1. The van der Waals surface area contributed by atoms with E-state index in [9.17, 15) is 14.9 Å². The van der Waals surface area contributed by atoms with Crippen molar-refractivity contribution in [1.82, 2.24) is 14.8 Å². The zero-order valence-electron chi connectivity index (χ0n) is 29.7. The van der Waals surface area contributed by atoms with Crippen molar-refractivity contribution in [3.63, 3.8) is 0 Å². The van der Waals surface area contributed by atoms with Crippen LogP contribution in [0.2, 0.25) is 5.02 Å². The quantitative estimate of drug-likeness (QED) is 0.0635. The lowest BCUT2D eigenvalue weighted by molar-refractivity contribution is -0.384. The number of rotatable bonds is 14. The zero-order valence-corrected chi connectivity index (χ0v) is 30.5. The Morgan fingerprint density at radius 1 is 0.849 bits per heavy atom. The number of aromatic nitrogens is 1. The van der Waals surface area contributed by atoms with Gasteiger partial charge in [0.05, 0.1) is 22.7 Å². The maximum atomic E-state index is 13.0. The lowest BCUT2D eigenvalue weighted by Gasteiger charge is -2.34. The topological polar surface area (TPSA) is 107 Å². The maximum Gasteiger partial charge on any atom is 0.269 e. The Kier molecular flexibility index (Phi) is 12.4. The highest BCUT2D eigenvalue weighted by atomic mass is 35.5. The molecule has 0 N–H and O–H groups in total. The van der Waals surface area contributed by atoms with Gasteiger partial charge in [-0.2, -0.15) is 0 Å². The number of nitro groups is 1. The predicted octanol–water partition coefficient (Wildman–Crippen LogP) is 8.61. The first kappa shape index (κ1) is 37.1. The molecule has 2 heterocycles. The number of halogens is 1. The minimum Gasteiger partial charge on any atom is -0.493 e. The number of hydrogen-bond acceptors (Lipinski definition) is 8. The lowest BCUT2D eigenvalue weighted by atomic mass is 10.1. The fourth-order valence-corrected chi connectivity index (χ4v) is 6.18. The van der Waals surface area contributed by atoms with Crippen molar-refractivity contribution < 1.29 is 23.9 Å². The fourth-order valence-electron chi connectivity index (χ4n) is 5.87. The highest BCUT2D eigenvalue weighted by Crippen LogP contribution is 2.34. The normalized spacial score (nSPS) is 13.2. The highest BCUT2D eigenvalue weighted by Gasteiger charge is 2.20. The number of carbonyl (C=O) groups excluding carboxylic acids is 1. The molecule has 0 atom stereocenters. The number of aryl methyl sites for hydroxylation is 2. The molecule has 1 aliphatic rings. The molecule has 5 aromatic rings. The molecule has 272 valence electrons. The molecule has 53 heavy (non-hydrogen) atoms. The van der Waals surface area contributed by atoms with Crippen molar-refractivity contribution in [2.24, 2.45) is 0 Å². The number of ether oxygens (including phenoxy) is 3. The van der Waals surface area contributed by atoms with E-state index >= 15 is 0 Å². The number of hydrogen-bond donors (Lipinski definition) is 0. The molecular formula is C42H41ClN4O6. The van der Waals surface area contributed by atoms with Gasteiger partial charge in [0.2, 0.25) is 11.8 Å². The predicted molar refractivity (Wildman–Crippen MR) is 206 cm³/mol. The van der Waals surface area contributed by atoms with E-state index in [1.165, 1.54) is 35.0 Å². The zero-order chi connectivity index (χ0) is 37.2. The third-order valence-corrected chi connectivity index (χ3v) is 9.21. The van der Waals surface area contributed by atoms with Gasteiger partial charge in [0.25, 0.3) is 5.69 Å². The van der Waals surface area contributed by atoms with E-state index in [4.69, 9.17) is 25.8 Å². The summed E-state index contributed by atoms with van der Waals surface area (Å²) in [4.78, 5) is 32.0. The van der Waals surface area contributed by atoms with Gasteiger partial charge >= 0.3 is 0 Å². The number of nitrogens with zero attached hydrogens (tertiary/aromatic N) is 4. The molecule has 1 amide bonds. The summed E-state index contributed by atoms with van der Waals surface area (Å²) in [7, 11) is 0. The molecule has 0 bridgehead atoms. The molecule has 10 nitrogen and oxygen atoms in total. The van der Waals surface area contributed by atoms with Gasteiger partial charge in [-0.3, -0.25) is 19.8 Å². The Balaban J connectivity index is 0.929. The summed E-state index contributed by atoms with van der Waals surface area (Å²) in [6.45, 7) is 8.62. The first-order valence-corrected chi connectivity index (χ1v) is 17.8. The van der Waals surface area contributed by atoms with Crippen molar-refractivity contribution in [1.29, 1.82) is 0 Å². The van der Waals surface area contributed by atoms with Gasteiger partial charge in [0, 0.05) is 63.4 Å². The Morgan fingerprint density at radius 3 is 2.19 bits per heavy atom. The van der Waals surface area contributed by atoms with Crippen LogP contribution in [0.15, 0.2) is 109 Å². The van der Waals surface area contributed by atoms with Crippen LogP contribution in [0.5, 0.6) is 23.1 Å². The van der Waals surface area contributed by atoms with Crippen LogP contribution < -0.4 is 14.2 Å². The van der Waals surface area contributed by atoms with E-state index in [1.54, 1.807) is 42.5 Å². The minimum absolute atomic E-state index is 0.0273. The number of non-ortho nitro benzene ring substituents is 1. The maximum absolute atomic E-state index is 13.0. The molecule has 1 aliphatic heterocycles. The smallest absolute Gasteiger partial charge is 0.269 e. The van der Waals surface area contributed by atoms with E-state index in [1.807, 2.05) is 30.0 Å². The number of amides is 1. The number of piperazine rings is 1. The van der Waals surface area contributed by atoms with Crippen LogP contribution in [-0.4, -0.2) is 58.4 Å². The Morgan fingerprint density at radius 2 is 1.53 bits per heavy atom. The summed E-state index contributed by atoms with van der Waals surface area (Å²) in [5, 5.41) is 11.2. The van der Waals surface area contributed by atoms with Gasteiger partial charge in [0.1, 0.15) is 18.1 Å². The molecule has 6 rings (SSSR count). The van der Waals surface area contributed by atoms with Crippen molar-refractivity contribution in [3.8, 4) is 23.1 Å². The third kappa shape index (κ3) is 10.7. The summed E-state index contributed by atoms with van der Waals surface area (Å²) in [6.07, 6.45) is 5.76. The Bertz CT molecular complexity index is 2000. The number of benzene rings is 4. The molecule has 0 spiro atoms. The van der Waals surface area contributed by atoms with Crippen molar-refractivity contribution in [2.75, 3.05) is 32.8 Å². The standard InChI is InChI=1S/C42H41ClN4O6/c1-30-3-14-37(15-4-30)51-24-19-32-5-7-33(8-6-32)28-45-20-22-46(23-21-45)41(48)18-11-35-25-31(2)42(39(43)26-35)53-40-17-16-38(27-44-40)52-29-34-9-12-36(13-10-34)47(49)50/h3-18,25-27H,19-24,28-29H2,1-2H3/b18-11+. The van der Waals surface area contributed by atoms with E-state index in [-0.39, 0.29) is 18.2 Å². The largest absolute Gasteiger partial charge is 0.493 e. The monoisotopic (exact) mass is 732 g/mol. The van der Waals surface area contributed by atoms with Gasteiger partial charge in [-0.05, 0) is 90.2 Å². The average Bonchev–Trinajstić information content (AvgIpc) is 3.17. The van der Waals surface area contributed by atoms with Gasteiger partial charge in [-0.15, -0.1) is 0 Å². The second kappa shape index (κ2) is 17.7. The van der Waals surface area contributed by atoms with E-state index in [2.05, 4.69) is 53.2 Å². The van der Waals surface area contributed by atoms with E-state index in [0.29, 0.717) is 42.1 Å². The van der Waals surface area contributed by atoms with Gasteiger partial charge in [0.15, 0.2) is 5.75 Å². The minimum atomic E-state index is -0.440. The van der Waals surface area contributed by atoms with Crippen LogP contribution >= 0.6 is 11.6 Å². The summed E-state index contributed by atoms with van der Waals surface area (Å²) in [5.74, 6) is 2.20. The summed E-state index contributed by atoms with van der Waals surface area (Å²) < 4.78 is 17.6. The van der Waals surface area contributed by atoms with Crippen molar-refractivity contribution in [2.45, 2.75) is 33.4 Å². The third-order valence-electron chi connectivity index (χ3n) is 8.93. The molecule has 11 heteroatoms. The van der Waals surface area contributed by atoms with Crippen LogP contribution in [0.25, 0.3) is 6.08 Å². The van der Waals surface area contributed by atoms with Crippen LogP contribution in [0.1, 0.15) is 33.4 Å². The van der Waals surface area contributed by atoms with E-state index < -0.39 is 4.92 Å². The molecule has 1 aromatic heterocycles. The summed E-state index contributed by atoms with van der Waals surface area (Å²) >= 11 is 6.61. The molecule has 0 aliphatic carbocycles. The highest BCUT2D eigenvalue weighted by molar-refractivity contribution is 6.32. The van der Waals surface area contributed by atoms with Crippen molar-refractivity contribution in [3.05, 3.63) is 158 Å². The van der Waals surface area contributed by atoms with Crippen LogP contribution in [-0.2, 0) is 24.4 Å². The van der Waals surface area contributed by atoms with Crippen molar-refractivity contribution >= 4 is 29.3 Å². The number of carbonyl (C=O) groups is 1. The Hall–Kier alpha value is -5.71. The first-order chi connectivity index (χ1) is 25.7. The van der Waals surface area contributed by atoms with Gasteiger partial charge in [-0.1, -0.05) is 53.6 Å². The summed E-state index contributed by atoms with van der Waals surface area (Å²) in [6, 6.07) is 30.1. The fraction of sp³-hybridized carbons (Fsp3) is 0.238. The molecule has 1 fully saturated rings. The number of pyridine rings is 1. The van der Waals surface area contributed by atoms with Crippen LogP contribution in [0.3, 0.4) is 0 Å². The molecule has 0 saturated carbocycles. The molecule has 4 aromatic carbocycles. The van der Waals surface area contributed by atoms with Gasteiger partial charge in [-0.25, -0.2) is 4.98 Å². The molecule has 0 unspecified atom stereocenters. The second-order valence-corrected chi connectivity index (χ2v) is 13.4. The lowest BCUT2D eigenvalue weighted by Crippen LogP contribution is -2.47. The van der Waals surface area contributed by atoms with E-state index in [0.717, 1.165) is 48.5 Å². The van der Waals surface area contributed by atoms with Gasteiger partial charge < -0.3 is 19.1 Å². The molecule has 1 saturated heterocycles. The molecular weight excluding hydrogens is 692 g/mol. The van der Waals surface area contributed by atoms with Crippen LogP contribution in [0.4, 0.5) is 5.69 Å². The average molecular weight is 733 g/mol. The summed E-state index contributed by atoms with van der Waals surface area (Å²) in [5.41, 5.74) is 6.13. The molecule has 0 radical (unpaired) electrons. The first-order valence-electron chi connectivity index (χ1n) is 17.5.